The van der Waals surface area contributed by atoms with Gasteiger partial charge in [-0.15, -0.1) is 11.3 Å². The van der Waals surface area contributed by atoms with E-state index >= 15 is 0 Å². The quantitative estimate of drug-likeness (QED) is 0.298. The van der Waals surface area contributed by atoms with Crippen molar-refractivity contribution < 1.29 is 4.79 Å². The van der Waals surface area contributed by atoms with Crippen LogP contribution in [0.3, 0.4) is 0 Å². The molecular formula is C28H24N4OS. The molecule has 0 unspecified atom stereocenters. The normalized spacial score (nSPS) is 15.0. The van der Waals surface area contributed by atoms with Crippen LogP contribution >= 0.6 is 11.3 Å². The molecule has 1 fully saturated rings. The van der Waals surface area contributed by atoms with Gasteiger partial charge in [0.25, 0.3) is 0 Å². The lowest BCUT2D eigenvalue weighted by molar-refractivity contribution is -0.127. The molecule has 1 aliphatic rings. The number of amides is 1. The van der Waals surface area contributed by atoms with E-state index in [0.717, 1.165) is 53.4 Å². The third-order valence-electron chi connectivity index (χ3n) is 6.55. The van der Waals surface area contributed by atoms with E-state index in [-0.39, 0.29) is 11.9 Å². The molecular weight excluding hydrogens is 440 g/mol. The number of fused-ring (bicyclic) bond motifs is 2. The number of nitrogens with zero attached hydrogens (tertiary/aromatic N) is 4. The summed E-state index contributed by atoms with van der Waals surface area (Å²) < 4.78 is 2.31. The van der Waals surface area contributed by atoms with E-state index in [1.165, 1.54) is 10.8 Å². The van der Waals surface area contributed by atoms with Crippen LogP contribution in [0.4, 0.5) is 0 Å². The largest absolute Gasteiger partial charge is 0.339 e. The van der Waals surface area contributed by atoms with Crippen LogP contribution < -0.4 is 0 Å². The van der Waals surface area contributed by atoms with Crippen LogP contribution in [-0.4, -0.2) is 38.4 Å². The first-order valence-electron chi connectivity index (χ1n) is 11.6. The molecule has 2 aromatic carbocycles. The first kappa shape index (κ1) is 20.8. The molecule has 168 valence electrons. The lowest BCUT2D eigenvalue weighted by atomic mass is 10.0. The maximum absolute atomic E-state index is 12.7. The smallest absolute Gasteiger partial charge is 0.246 e. The highest BCUT2D eigenvalue weighted by molar-refractivity contribution is 7.10. The molecule has 1 aliphatic heterocycles. The maximum Gasteiger partial charge on any atom is 0.246 e. The Bertz CT molecular complexity index is 1490. The molecule has 0 bridgehead atoms. The maximum atomic E-state index is 12.7. The van der Waals surface area contributed by atoms with Gasteiger partial charge in [0.15, 0.2) is 5.65 Å². The summed E-state index contributed by atoms with van der Waals surface area (Å²) in [6, 6.07) is 23.0. The number of carbonyl (C=O) groups is 1. The average Bonchev–Trinajstić information content (AvgIpc) is 3.55. The summed E-state index contributed by atoms with van der Waals surface area (Å²) >= 11 is 1.64. The summed E-state index contributed by atoms with van der Waals surface area (Å²) in [6.45, 7) is 1.44. The highest BCUT2D eigenvalue weighted by Gasteiger charge is 2.27. The Kier molecular flexibility index (Phi) is 5.43. The number of thiophene rings is 1. The minimum atomic E-state index is 0.0785. The van der Waals surface area contributed by atoms with E-state index in [9.17, 15) is 4.79 Å². The molecule has 0 aliphatic carbocycles. The number of hydrogen-bond acceptors (Lipinski definition) is 4. The third kappa shape index (κ3) is 3.80. The van der Waals surface area contributed by atoms with E-state index < -0.39 is 0 Å². The zero-order chi connectivity index (χ0) is 22.9. The van der Waals surface area contributed by atoms with Crippen molar-refractivity contribution in [3.63, 3.8) is 0 Å². The SMILES string of the molecule is O=C(C=Cc1cccs1)N1CCC(n2c(-c3cccc4ccccc34)nc3cccnc32)CC1. The van der Waals surface area contributed by atoms with Crippen molar-refractivity contribution in [2.45, 2.75) is 18.9 Å². The minimum absolute atomic E-state index is 0.0785. The molecule has 6 heteroatoms. The second kappa shape index (κ2) is 8.88. The molecule has 6 rings (SSSR count). The topological polar surface area (TPSA) is 51.0 Å². The number of carbonyl (C=O) groups excluding carboxylic acids is 1. The highest BCUT2D eigenvalue weighted by atomic mass is 32.1. The van der Waals surface area contributed by atoms with Crippen LogP contribution in [0.1, 0.15) is 23.8 Å². The Morgan fingerprint density at radius 3 is 2.68 bits per heavy atom. The highest BCUT2D eigenvalue weighted by Crippen LogP contribution is 2.35. The minimum Gasteiger partial charge on any atom is -0.339 e. The summed E-state index contributed by atoms with van der Waals surface area (Å²) in [4.78, 5) is 25.5. The molecule has 0 spiro atoms. The van der Waals surface area contributed by atoms with Gasteiger partial charge in [-0.05, 0) is 53.3 Å². The van der Waals surface area contributed by atoms with Crippen molar-refractivity contribution in [2.24, 2.45) is 0 Å². The number of likely N-dealkylation sites (tertiary alicyclic amines) is 1. The number of aromatic nitrogens is 3. The van der Waals surface area contributed by atoms with Gasteiger partial charge in [-0.25, -0.2) is 9.97 Å². The fourth-order valence-electron chi connectivity index (χ4n) is 4.88. The van der Waals surface area contributed by atoms with Crippen molar-refractivity contribution in [1.29, 1.82) is 0 Å². The van der Waals surface area contributed by atoms with Gasteiger partial charge in [0, 0.05) is 41.8 Å². The Hall–Kier alpha value is -3.77. The van der Waals surface area contributed by atoms with E-state index in [2.05, 4.69) is 47.0 Å². The first-order valence-corrected chi connectivity index (χ1v) is 12.5. The molecule has 4 heterocycles. The summed E-state index contributed by atoms with van der Waals surface area (Å²) in [5.74, 6) is 1.03. The number of rotatable bonds is 4. The summed E-state index contributed by atoms with van der Waals surface area (Å²) in [5, 5.41) is 4.41. The predicted molar refractivity (Wildman–Crippen MR) is 139 cm³/mol. The molecule has 1 saturated heterocycles. The number of benzene rings is 2. The second-order valence-corrected chi connectivity index (χ2v) is 9.56. The zero-order valence-corrected chi connectivity index (χ0v) is 19.5. The standard InChI is InChI=1S/C28H24N4OS/c33-26(13-12-22-8-5-19-34-22)31-17-14-21(15-18-31)32-27(30-25-11-4-16-29-28(25)32)24-10-3-7-20-6-1-2-9-23(20)24/h1-13,16,19,21H,14-15,17-18H2. The number of pyridine rings is 1. The summed E-state index contributed by atoms with van der Waals surface area (Å²) in [7, 11) is 0. The van der Waals surface area contributed by atoms with Crippen LogP contribution in [0.2, 0.25) is 0 Å². The number of imidazole rings is 1. The van der Waals surface area contributed by atoms with Gasteiger partial charge in [0.05, 0.1) is 0 Å². The molecule has 5 nitrogen and oxygen atoms in total. The fraction of sp³-hybridized carbons (Fsp3) is 0.179. The number of piperidine rings is 1. The van der Waals surface area contributed by atoms with Crippen molar-refractivity contribution in [3.05, 3.63) is 89.3 Å². The van der Waals surface area contributed by atoms with Gasteiger partial charge >= 0.3 is 0 Å². The lowest BCUT2D eigenvalue weighted by Crippen LogP contribution is -2.38. The number of hydrogen-bond donors (Lipinski definition) is 0. The molecule has 0 radical (unpaired) electrons. The van der Waals surface area contributed by atoms with E-state index in [1.807, 2.05) is 46.8 Å². The van der Waals surface area contributed by atoms with Crippen molar-refractivity contribution in [2.75, 3.05) is 13.1 Å². The average molecular weight is 465 g/mol. The third-order valence-corrected chi connectivity index (χ3v) is 7.39. The predicted octanol–water partition coefficient (Wildman–Crippen LogP) is 6.19. The first-order chi connectivity index (χ1) is 16.8. The van der Waals surface area contributed by atoms with E-state index in [1.54, 1.807) is 17.4 Å². The van der Waals surface area contributed by atoms with Gasteiger partial charge in [0.1, 0.15) is 11.3 Å². The van der Waals surface area contributed by atoms with Crippen molar-refractivity contribution in [1.82, 2.24) is 19.4 Å². The molecule has 0 saturated carbocycles. The van der Waals surface area contributed by atoms with Gasteiger partial charge < -0.3 is 9.47 Å². The molecule has 0 N–H and O–H groups in total. The Labute approximate surface area is 202 Å². The lowest BCUT2D eigenvalue weighted by Gasteiger charge is -2.33. The Balaban J connectivity index is 1.32. The monoisotopic (exact) mass is 464 g/mol. The fourth-order valence-corrected chi connectivity index (χ4v) is 5.49. The van der Waals surface area contributed by atoms with Crippen molar-refractivity contribution in [3.8, 4) is 11.4 Å². The van der Waals surface area contributed by atoms with Crippen LogP contribution in [0.15, 0.2) is 84.4 Å². The molecule has 1 amide bonds. The van der Waals surface area contributed by atoms with Gasteiger partial charge in [0.2, 0.25) is 5.91 Å². The van der Waals surface area contributed by atoms with Crippen LogP contribution in [0.5, 0.6) is 0 Å². The summed E-state index contributed by atoms with van der Waals surface area (Å²) in [5.41, 5.74) is 2.93. The van der Waals surface area contributed by atoms with Gasteiger partial charge in [-0.1, -0.05) is 48.5 Å². The van der Waals surface area contributed by atoms with E-state index in [0.29, 0.717) is 0 Å². The zero-order valence-electron chi connectivity index (χ0n) is 18.7. The Morgan fingerprint density at radius 1 is 0.971 bits per heavy atom. The van der Waals surface area contributed by atoms with Gasteiger partial charge in [-0.2, -0.15) is 0 Å². The van der Waals surface area contributed by atoms with Crippen LogP contribution in [0.25, 0.3) is 39.4 Å². The molecule has 0 atom stereocenters. The second-order valence-electron chi connectivity index (χ2n) is 8.58. The molecule has 34 heavy (non-hydrogen) atoms. The van der Waals surface area contributed by atoms with Crippen LogP contribution in [-0.2, 0) is 4.79 Å². The summed E-state index contributed by atoms with van der Waals surface area (Å²) in [6.07, 6.45) is 7.19. The Morgan fingerprint density at radius 2 is 1.82 bits per heavy atom. The molecule has 3 aromatic heterocycles. The van der Waals surface area contributed by atoms with Crippen LogP contribution in [0, 0.1) is 0 Å². The van der Waals surface area contributed by atoms with Crippen molar-refractivity contribution >= 4 is 45.3 Å². The molecule has 5 aromatic rings. The van der Waals surface area contributed by atoms with E-state index in [4.69, 9.17) is 9.97 Å². The van der Waals surface area contributed by atoms with Gasteiger partial charge in [-0.3, -0.25) is 4.79 Å².